The number of aromatic nitrogens is 1. The maximum absolute atomic E-state index is 14.0. The van der Waals surface area contributed by atoms with E-state index in [1.54, 1.807) is 7.11 Å². The van der Waals surface area contributed by atoms with Crippen molar-refractivity contribution in [1.29, 1.82) is 0 Å². The molecular weight excluding hydrogens is 406 g/mol. The predicted octanol–water partition coefficient (Wildman–Crippen LogP) is 7.36. The van der Waals surface area contributed by atoms with E-state index < -0.39 is 0 Å². The number of fused-ring (bicyclic) bond motifs is 3. The van der Waals surface area contributed by atoms with Gasteiger partial charge in [-0.1, -0.05) is 98.8 Å². The van der Waals surface area contributed by atoms with Crippen molar-refractivity contribution >= 4 is 27.5 Å². The zero-order valence-corrected chi connectivity index (χ0v) is 19.2. The van der Waals surface area contributed by atoms with Crippen LogP contribution in [0.5, 0.6) is 5.75 Å². The third-order valence-electron chi connectivity index (χ3n) is 6.10. The Morgan fingerprint density at radius 2 is 1.42 bits per heavy atom. The zero-order valence-electron chi connectivity index (χ0n) is 19.2. The first-order valence-electron chi connectivity index (χ1n) is 11.4. The number of hydrogen-bond donors (Lipinski definition) is 0. The van der Waals surface area contributed by atoms with Gasteiger partial charge in [-0.15, -0.1) is 0 Å². The molecule has 0 unspecified atom stereocenters. The molecule has 0 radical (unpaired) electrons. The quantitative estimate of drug-likeness (QED) is 0.262. The number of carbonyl (C=O) groups excluding carboxylic acids is 1. The molecule has 0 amide bonds. The maximum atomic E-state index is 14.0. The molecule has 0 atom stereocenters. The van der Waals surface area contributed by atoms with Gasteiger partial charge in [-0.05, 0) is 17.5 Å². The van der Waals surface area contributed by atoms with Crippen molar-refractivity contribution in [2.45, 2.75) is 20.4 Å². The Morgan fingerprint density at radius 1 is 0.818 bits per heavy atom. The minimum Gasteiger partial charge on any atom is -0.496 e. The number of ether oxygens (including phenoxy) is 1. The van der Waals surface area contributed by atoms with E-state index in [0.717, 1.165) is 50.8 Å². The van der Waals surface area contributed by atoms with E-state index in [4.69, 9.17) is 4.74 Å². The Balaban J connectivity index is 1.99. The Labute approximate surface area is 194 Å². The standard InChI is InChI=1S/C30H27NO2/c1-20(2)19-31-28(21-12-6-4-7-13-21)27(30(32)22-14-8-5-9-15-22)25-18-26(33-3)23-16-10-11-17-24(23)29(25)31/h4-18,20H,19H2,1-3H3. The fraction of sp³-hybridized carbons (Fsp3) is 0.167. The molecule has 0 bridgehead atoms. The van der Waals surface area contributed by atoms with Crippen molar-refractivity contribution in [2.75, 3.05) is 7.11 Å². The third-order valence-corrected chi connectivity index (χ3v) is 6.10. The van der Waals surface area contributed by atoms with E-state index in [-0.39, 0.29) is 5.78 Å². The smallest absolute Gasteiger partial charge is 0.195 e. The number of benzene rings is 4. The Bertz CT molecular complexity index is 1450. The largest absolute Gasteiger partial charge is 0.496 e. The van der Waals surface area contributed by atoms with Crippen molar-refractivity contribution in [2.24, 2.45) is 5.92 Å². The summed E-state index contributed by atoms with van der Waals surface area (Å²) in [4.78, 5) is 14.0. The molecule has 0 aliphatic carbocycles. The SMILES string of the molecule is COc1cc2c(C(=O)c3ccccc3)c(-c3ccccc3)n(CC(C)C)c2c2ccccc12. The summed E-state index contributed by atoms with van der Waals surface area (Å²) >= 11 is 0. The highest BCUT2D eigenvalue weighted by molar-refractivity contribution is 6.24. The minimum atomic E-state index is 0.0271. The van der Waals surface area contributed by atoms with E-state index in [1.807, 2.05) is 60.7 Å². The summed E-state index contributed by atoms with van der Waals surface area (Å²) in [5.74, 6) is 1.21. The molecule has 4 aromatic carbocycles. The van der Waals surface area contributed by atoms with Crippen LogP contribution < -0.4 is 4.74 Å². The lowest BCUT2D eigenvalue weighted by Crippen LogP contribution is -2.08. The van der Waals surface area contributed by atoms with Gasteiger partial charge in [0, 0.05) is 28.3 Å². The van der Waals surface area contributed by atoms with Gasteiger partial charge < -0.3 is 9.30 Å². The predicted molar refractivity (Wildman–Crippen MR) is 136 cm³/mol. The number of carbonyl (C=O) groups is 1. The fourth-order valence-corrected chi connectivity index (χ4v) is 4.76. The van der Waals surface area contributed by atoms with Crippen molar-refractivity contribution in [3.63, 3.8) is 0 Å². The van der Waals surface area contributed by atoms with Crippen LogP contribution in [0.25, 0.3) is 32.9 Å². The summed E-state index contributed by atoms with van der Waals surface area (Å²) in [6, 6.07) is 30.1. The van der Waals surface area contributed by atoms with Crippen LogP contribution in [0.2, 0.25) is 0 Å². The highest BCUT2D eigenvalue weighted by Crippen LogP contribution is 2.42. The minimum absolute atomic E-state index is 0.0271. The van der Waals surface area contributed by atoms with Crippen molar-refractivity contribution < 1.29 is 9.53 Å². The number of ketones is 1. The van der Waals surface area contributed by atoms with E-state index >= 15 is 0 Å². The number of nitrogens with zero attached hydrogens (tertiary/aromatic N) is 1. The Hall–Kier alpha value is -3.85. The van der Waals surface area contributed by atoms with Crippen LogP contribution in [0.15, 0.2) is 91.0 Å². The average molecular weight is 434 g/mol. The molecule has 0 aliphatic heterocycles. The lowest BCUT2D eigenvalue weighted by Gasteiger charge is -2.16. The topological polar surface area (TPSA) is 31.2 Å². The number of rotatable bonds is 6. The van der Waals surface area contributed by atoms with Gasteiger partial charge in [0.15, 0.2) is 5.78 Å². The van der Waals surface area contributed by atoms with Gasteiger partial charge in [0.05, 0.1) is 23.9 Å². The zero-order chi connectivity index (χ0) is 22.9. The van der Waals surface area contributed by atoms with Gasteiger partial charge >= 0.3 is 0 Å². The molecule has 5 aromatic rings. The lowest BCUT2D eigenvalue weighted by atomic mass is 9.96. The van der Waals surface area contributed by atoms with Crippen LogP contribution in [0.4, 0.5) is 0 Å². The van der Waals surface area contributed by atoms with E-state index in [9.17, 15) is 4.79 Å². The van der Waals surface area contributed by atoms with Gasteiger partial charge in [-0.2, -0.15) is 0 Å². The van der Waals surface area contributed by atoms with Gasteiger partial charge in [0.2, 0.25) is 0 Å². The van der Waals surface area contributed by atoms with Gasteiger partial charge in [0.25, 0.3) is 0 Å². The van der Waals surface area contributed by atoms with Crippen LogP contribution in [0.3, 0.4) is 0 Å². The molecule has 33 heavy (non-hydrogen) atoms. The monoisotopic (exact) mass is 433 g/mol. The number of methoxy groups -OCH3 is 1. The second kappa shape index (κ2) is 8.59. The van der Waals surface area contributed by atoms with Crippen molar-refractivity contribution in [1.82, 2.24) is 4.57 Å². The molecule has 0 saturated heterocycles. The van der Waals surface area contributed by atoms with Gasteiger partial charge in [0.1, 0.15) is 5.75 Å². The summed E-state index contributed by atoms with van der Waals surface area (Å²) < 4.78 is 8.13. The number of hydrogen-bond acceptors (Lipinski definition) is 2. The Morgan fingerprint density at radius 3 is 2.06 bits per heavy atom. The van der Waals surface area contributed by atoms with Crippen molar-refractivity contribution in [3.05, 3.63) is 102 Å². The van der Waals surface area contributed by atoms with Crippen LogP contribution in [-0.2, 0) is 6.54 Å². The molecule has 1 heterocycles. The third kappa shape index (κ3) is 3.60. The molecule has 3 nitrogen and oxygen atoms in total. The molecule has 5 rings (SSSR count). The average Bonchev–Trinajstić information content (AvgIpc) is 3.17. The lowest BCUT2D eigenvalue weighted by molar-refractivity contribution is 0.104. The highest BCUT2D eigenvalue weighted by atomic mass is 16.5. The molecule has 0 spiro atoms. The van der Waals surface area contributed by atoms with E-state index in [0.29, 0.717) is 11.5 Å². The molecule has 0 aliphatic rings. The molecule has 0 saturated carbocycles. The maximum Gasteiger partial charge on any atom is 0.195 e. The first kappa shape index (κ1) is 21.0. The molecule has 3 heteroatoms. The van der Waals surface area contributed by atoms with Crippen LogP contribution in [-0.4, -0.2) is 17.5 Å². The molecule has 164 valence electrons. The van der Waals surface area contributed by atoms with Crippen LogP contribution >= 0.6 is 0 Å². The fourth-order valence-electron chi connectivity index (χ4n) is 4.76. The normalized spacial score (nSPS) is 11.4. The van der Waals surface area contributed by atoms with Crippen LogP contribution in [0, 0.1) is 5.92 Å². The highest BCUT2D eigenvalue weighted by Gasteiger charge is 2.27. The summed E-state index contributed by atoms with van der Waals surface area (Å²) in [6.07, 6.45) is 0. The first-order valence-corrected chi connectivity index (χ1v) is 11.4. The van der Waals surface area contributed by atoms with Crippen LogP contribution in [0.1, 0.15) is 29.8 Å². The van der Waals surface area contributed by atoms with Gasteiger partial charge in [-0.25, -0.2) is 0 Å². The second-order valence-corrected chi connectivity index (χ2v) is 8.81. The van der Waals surface area contributed by atoms with E-state index in [2.05, 4.69) is 48.7 Å². The summed E-state index contributed by atoms with van der Waals surface area (Å²) in [6.45, 7) is 5.23. The summed E-state index contributed by atoms with van der Waals surface area (Å²) in [7, 11) is 1.69. The molecule has 0 N–H and O–H groups in total. The Kier molecular flexibility index (Phi) is 5.47. The molecular formula is C30H27NO2. The molecule has 1 aromatic heterocycles. The molecule has 0 fully saturated rings. The van der Waals surface area contributed by atoms with Gasteiger partial charge in [-0.3, -0.25) is 4.79 Å². The second-order valence-electron chi connectivity index (χ2n) is 8.81. The summed E-state index contributed by atoms with van der Waals surface area (Å²) in [5, 5.41) is 3.07. The summed E-state index contributed by atoms with van der Waals surface area (Å²) in [5.41, 5.74) is 4.50. The first-order chi connectivity index (χ1) is 16.1. The van der Waals surface area contributed by atoms with E-state index in [1.165, 1.54) is 0 Å². The van der Waals surface area contributed by atoms with Crippen molar-refractivity contribution in [3.8, 4) is 17.0 Å².